The normalized spacial score (nSPS) is 24.2. The second-order valence-corrected chi connectivity index (χ2v) is 5.14. The minimum Gasteiger partial charge on any atom is -0.328 e. The number of rotatable bonds is 7. The van der Waals surface area contributed by atoms with Gasteiger partial charge in [0.1, 0.15) is 0 Å². The van der Waals surface area contributed by atoms with E-state index in [0.29, 0.717) is 6.04 Å². The Labute approximate surface area is 101 Å². The van der Waals surface area contributed by atoms with Crippen molar-refractivity contribution in [1.82, 2.24) is 9.80 Å². The number of likely N-dealkylation sites (tertiary alicyclic amines) is 1. The third-order valence-electron chi connectivity index (χ3n) is 3.83. The van der Waals surface area contributed by atoms with Crippen LogP contribution in [0.1, 0.15) is 39.5 Å². The molecule has 0 radical (unpaired) electrons. The molecule has 0 saturated carbocycles. The molecule has 0 aromatic carbocycles. The molecule has 0 bridgehead atoms. The van der Waals surface area contributed by atoms with Crippen molar-refractivity contribution in [3.05, 3.63) is 0 Å². The largest absolute Gasteiger partial charge is 0.328 e. The summed E-state index contributed by atoms with van der Waals surface area (Å²) in [7, 11) is 2.23. The molecule has 1 rings (SSSR count). The summed E-state index contributed by atoms with van der Waals surface area (Å²) in [6.45, 7) is 9.29. The van der Waals surface area contributed by atoms with Crippen LogP contribution in [0.5, 0.6) is 0 Å². The average Bonchev–Trinajstić information content (AvgIpc) is 2.73. The summed E-state index contributed by atoms with van der Waals surface area (Å²) in [6, 6.07) is 1.17. The summed E-state index contributed by atoms with van der Waals surface area (Å²) in [6.07, 6.45) is 4.98. The van der Waals surface area contributed by atoms with Crippen LogP contribution >= 0.6 is 0 Å². The van der Waals surface area contributed by atoms with Crippen molar-refractivity contribution in [2.24, 2.45) is 5.73 Å². The van der Waals surface area contributed by atoms with E-state index < -0.39 is 0 Å². The molecule has 3 nitrogen and oxygen atoms in total. The maximum Gasteiger partial charge on any atom is 0.0223 e. The van der Waals surface area contributed by atoms with Gasteiger partial charge in [0.15, 0.2) is 0 Å². The molecule has 0 spiro atoms. The molecule has 0 amide bonds. The third-order valence-corrected chi connectivity index (χ3v) is 3.83. The predicted molar refractivity (Wildman–Crippen MR) is 70.6 cm³/mol. The zero-order valence-corrected chi connectivity index (χ0v) is 11.3. The van der Waals surface area contributed by atoms with Crippen molar-refractivity contribution in [3.63, 3.8) is 0 Å². The van der Waals surface area contributed by atoms with Gasteiger partial charge >= 0.3 is 0 Å². The van der Waals surface area contributed by atoms with Gasteiger partial charge in [0.05, 0.1) is 0 Å². The lowest BCUT2D eigenvalue weighted by molar-refractivity contribution is 0.195. The van der Waals surface area contributed by atoms with E-state index in [2.05, 4.69) is 30.7 Å². The lowest BCUT2D eigenvalue weighted by Crippen LogP contribution is -2.40. The van der Waals surface area contributed by atoms with E-state index in [0.717, 1.165) is 25.4 Å². The molecule has 2 atom stereocenters. The Balaban J connectivity index is 2.20. The molecule has 0 aliphatic carbocycles. The van der Waals surface area contributed by atoms with Gasteiger partial charge in [0.25, 0.3) is 0 Å². The van der Waals surface area contributed by atoms with Crippen molar-refractivity contribution in [2.75, 3.05) is 33.2 Å². The quantitative estimate of drug-likeness (QED) is 0.716. The highest BCUT2D eigenvalue weighted by atomic mass is 15.2. The molecule has 0 aromatic rings. The van der Waals surface area contributed by atoms with E-state index in [9.17, 15) is 0 Å². The number of nitrogens with two attached hydrogens (primary N) is 1. The highest BCUT2D eigenvalue weighted by molar-refractivity contribution is 4.80. The van der Waals surface area contributed by atoms with Gasteiger partial charge in [-0.3, -0.25) is 4.90 Å². The summed E-state index contributed by atoms with van der Waals surface area (Å²) in [4.78, 5) is 5.06. The van der Waals surface area contributed by atoms with E-state index in [1.54, 1.807) is 0 Å². The van der Waals surface area contributed by atoms with E-state index >= 15 is 0 Å². The van der Waals surface area contributed by atoms with Crippen molar-refractivity contribution >= 4 is 0 Å². The van der Waals surface area contributed by atoms with Gasteiger partial charge in [-0.25, -0.2) is 0 Å². The predicted octanol–water partition coefficient (Wildman–Crippen LogP) is 1.53. The Morgan fingerprint density at radius 3 is 2.81 bits per heavy atom. The Hall–Kier alpha value is -0.120. The van der Waals surface area contributed by atoms with E-state index in [1.807, 2.05) is 0 Å². The van der Waals surface area contributed by atoms with E-state index in [-0.39, 0.29) is 0 Å². The summed E-state index contributed by atoms with van der Waals surface area (Å²) in [5.41, 5.74) is 5.95. The van der Waals surface area contributed by atoms with Gasteiger partial charge in [-0.1, -0.05) is 13.8 Å². The SMILES string of the molecule is CCC(N)CCN(C)CC1CCCN1CC. The molecular formula is C13H29N3. The van der Waals surface area contributed by atoms with Crippen LogP contribution in [0, 0.1) is 0 Å². The van der Waals surface area contributed by atoms with Crippen molar-refractivity contribution in [1.29, 1.82) is 0 Å². The molecule has 16 heavy (non-hydrogen) atoms. The van der Waals surface area contributed by atoms with Gasteiger partial charge < -0.3 is 10.6 Å². The topological polar surface area (TPSA) is 32.5 Å². The molecule has 1 aliphatic heterocycles. The molecule has 2 N–H and O–H groups in total. The fraction of sp³-hybridized carbons (Fsp3) is 1.00. The first-order valence-electron chi connectivity index (χ1n) is 6.85. The summed E-state index contributed by atoms with van der Waals surface area (Å²) in [5.74, 6) is 0. The summed E-state index contributed by atoms with van der Waals surface area (Å²) in [5, 5.41) is 0. The maximum atomic E-state index is 5.95. The fourth-order valence-corrected chi connectivity index (χ4v) is 2.56. The number of hydrogen-bond donors (Lipinski definition) is 1. The Morgan fingerprint density at radius 1 is 1.44 bits per heavy atom. The number of likely N-dealkylation sites (N-methyl/N-ethyl adjacent to an activating group) is 2. The molecule has 3 heteroatoms. The van der Waals surface area contributed by atoms with E-state index in [1.165, 1.54) is 32.5 Å². The van der Waals surface area contributed by atoms with Crippen LogP contribution in [-0.4, -0.2) is 55.1 Å². The summed E-state index contributed by atoms with van der Waals surface area (Å²) >= 11 is 0. The number of hydrogen-bond acceptors (Lipinski definition) is 3. The molecule has 2 unspecified atom stereocenters. The second-order valence-electron chi connectivity index (χ2n) is 5.14. The van der Waals surface area contributed by atoms with Gasteiger partial charge in [-0.05, 0) is 52.4 Å². The highest BCUT2D eigenvalue weighted by Crippen LogP contribution is 2.17. The third kappa shape index (κ3) is 4.40. The van der Waals surface area contributed by atoms with Crippen LogP contribution in [0.4, 0.5) is 0 Å². The molecular weight excluding hydrogens is 198 g/mol. The smallest absolute Gasteiger partial charge is 0.0223 e. The number of nitrogens with zero attached hydrogens (tertiary/aromatic N) is 2. The first kappa shape index (κ1) is 13.9. The Bertz CT molecular complexity index is 184. The average molecular weight is 227 g/mol. The van der Waals surface area contributed by atoms with Crippen LogP contribution < -0.4 is 5.73 Å². The van der Waals surface area contributed by atoms with Gasteiger partial charge in [-0.15, -0.1) is 0 Å². The Morgan fingerprint density at radius 2 is 2.19 bits per heavy atom. The van der Waals surface area contributed by atoms with Gasteiger partial charge in [0.2, 0.25) is 0 Å². The van der Waals surface area contributed by atoms with Crippen LogP contribution in [0.2, 0.25) is 0 Å². The minimum atomic E-state index is 0.383. The van der Waals surface area contributed by atoms with E-state index in [4.69, 9.17) is 5.73 Å². The molecule has 0 aromatic heterocycles. The van der Waals surface area contributed by atoms with Crippen LogP contribution in [0.15, 0.2) is 0 Å². The zero-order chi connectivity index (χ0) is 12.0. The maximum absolute atomic E-state index is 5.95. The lowest BCUT2D eigenvalue weighted by atomic mass is 10.1. The second kappa shape index (κ2) is 7.25. The molecule has 1 fully saturated rings. The van der Waals surface area contributed by atoms with Crippen LogP contribution in [0.3, 0.4) is 0 Å². The molecule has 96 valence electrons. The summed E-state index contributed by atoms with van der Waals surface area (Å²) < 4.78 is 0. The zero-order valence-electron chi connectivity index (χ0n) is 11.3. The van der Waals surface area contributed by atoms with Crippen LogP contribution in [-0.2, 0) is 0 Å². The first-order chi connectivity index (χ1) is 7.67. The monoisotopic (exact) mass is 227 g/mol. The Kier molecular flexibility index (Phi) is 6.32. The fourth-order valence-electron chi connectivity index (χ4n) is 2.56. The van der Waals surface area contributed by atoms with Gasteiger partial charge in [0, 0.05) is 18.6 Å². The van der Waals surface area contributed by atoms with Crippen molar-refractivity contribution in [3.8, 4) is 0 Å². The lowest BCUT2D eigenvalue weighted by Gasteiger charge is -2.28. The van der Waals surface area contributed by atoms with Gasteiger partial charge in [-0.2, -0.15) is 0 Å². The highest BCUT2D eigenvalue weighted by Gasteiger charge is 2.23. The van der Waals surface area contributed by atoms with Crippen molar-refractivity contribution < 1.29 is 0 Å². The van der Waals surface area contributed by atoms with Crippen molar-refractivity contribution in [2.45, 2.75) is 51.6 Å². The standard InChI is InChI=1S/C13H29N3/c1-4-12(14)8-10-15(3)11-13-7-6-9-16(13)5-2/h12-13H,4-11,14H2,1-3H3. The first-order valence-corrected chi connectivity index (χ1v) is 6.85. The molecule has 1 saturated heterocycles. The minimum absolute atomic E-state index is 0.383. The molecule has 1 aliphatic rings. The molecule has 1 heterocycles. The van der Waals surface area contributed by atoms with Crippen LogP contribution in [0.25, 0.3) is 0 Å².